The lowest BCUT2D eigenvalue weighted by atomic mass is 9.98. The average molecular weight is 364 g/mol. The van der Waals surface area contributed by atoms with Crippen LogP contribution >= 0.6 is 11.3 Å². The zero-order valence-corrected chi connectivity index (χ0v) is 15.2. The van der Waals surface area contributed by atoms with Gasteiger partial charge in [0.1, 0.15) is 6.20 Å². The summed E-state index contributed by atoms with van der Waals surface area (Å²) in [6.07, 6.45) is 6.22. The number of anilines is 1. The van der Waals surface area contributed by atoms with Crippen molar-refractivity contribution in [3.63, 3.8) is 0 Å². The van der Waals surface area contributed by atoms with Crippen LogP contribution in [-0.2, 0) is 0 Å². The second-order valence-electron chi connectivity index (χ2n) is 7.09. The van der Waals surface area contributed by atoms with E-state index in [9.17, 15) is 10.1 Å². The molecule has 0 bridgehead atoms. The van der Waals surface area contributed by atoms with E-state index in [0.29, 0.717) is 16.8 Å². The van der Waals surface area contributed by atoms with Gasteiger partial charge in [-0.2, -0.15) is 9.38 Å². The van der Waals surface area contributed by atoms with Gasteiger partial charge in [-0.15, -0.1) is 0 Å². The van der Waals surface area contributed by atoms with Gasteiger partial charge in [0, 0.05) is 30.6 Å². The van der Waals surface area contributed by atoms with E-state index in [0.717, 1.165) is 25.9 Å². The summed E-state index contributed by atoms with van der Waals surface area (Å²) in [6, 6.07) is 0.954. The van der Waals surface area contributed by atoms with Crippen molar-refractivity contribution in [2.75, 3.05) is 38.5 Å². The molecule has 0 amide bonds. The van der Waals surface area contributed by atoms with Crippen molar-refractivity contribution in [3.05, 3.63) is 21.7 Å². The summed E-state index contributed by atoms with van der Waals surface area (Å²) in [5.74, 6) is 0.462. The van der Waals surface area contributed by atoms with E-state index in [2.05, 4.69) is 27.1 Å². The summed E-state index contributed by atoms with van der Waals surface area (Å²) in [6.45, 7) is 4.48. The fraction of sp³-hybridized carbons (Fsp3) is 0.688. The zero-order chi connectivity index (χ0) is 17.4. The van der Waals surface area contributed by atoms with Gasteiger partial charge in [0.25, 0.3) is 4.96 Å². The molecular weight excluding hydrogens is 340 g/mol. The zero-order valence-electron chi connectivity index (χ0n) is 14.4. The Kier molecular flexibility index (Phi) is 4.61. The molecule has 2 aliphatic rings. The molecule has 136 valence electrons. The number of aromatic nitrogens is 2. The van der Waals surface area contributed by atoms with Crippen LogP contribution < -0.4 is 5.32 Å². The Labute approximate surface area is 150 Å². The highest BCUT2D eigenvalue weighted by atomic mass is 32.1. The van der Waals surface area contributed by atoms with E-state index in [1.807, 2.05) is 5.38 Å². The van der Waals surface area contributed by atoms with Gasteiger partial charge in [0.2, 0.25) is 5.82 Å². The predicted octanol–water partition coefficient (Wildman–Crippen LogP) is 2.27. The standard InChI is InChI=1S/C16H24N6O2S/c1-19-6-4-13(5-7-19)20-8-2-12(3-9-20)17-14-15(22(23)24)21-10-11-25-16(21)18-14/h10-13,17H,2-9H2,1H3. The fourth-order valence-corrected chi connectivity index (χ4v) is 4.72. The first-order valence-electron chi connectivity index (χ1n) is 8.91. The van der Waals surface area contributed by atoms with Crippen molar-refractivity contribution in [2.45, 2.75) is 37.8 Å². The van der Waals surface area contributed by atoms with E-state index < -0.39 is 0 Å². The van der Waals surface area contributed by atoms with Crippen LogP contribution in [0.4, 0.5) is 11.6 Å². The van der Waals surface area contributed by atoms with Crippen molar-refractivity contribution in [2.24, 2.45) is 0 Å². The van der Waals surface area contributed by atoms with E-state index in [1.165, 1.54) is 37.3 Å². The highest BCUT2D eigenvalue weighted by molar-refractivity contribution is 7.15. The van der Waals surface area contributed by atoms with Crippen LogP contribution in [0.1, 0.15) is 25.7 Å². The number of likely N-dealkylation sites (tertiary alicyclic amines) is 2. The molecule has 0 aliphatic carbocycles. The second-order valence-corrected chi connectivity index (χ2v) is 7.96. The Balaban J connectivity index is 1.38. The molecule has 2 aliphatic heterocycles. The predicted molar refractivity (Wildman–Crippen MR) is 98.5 cm³/mol. The van der Waals surface area contributed by atoms with Crippen LogP contribution in [0.3, 0.4) is 0 Å². The number of piperidine rings is 2. The minimum atomic E-state index is -0.345. The third kappa shape index (κ3) is 3.36. The summed E-state index contributed by atoms with van der Waals surface area (Å²) in [4.78, 5) is 21.2. The molecule has 1 N–H and O–H groups in total. The summed E-state index contributed by atoms with van der Waals surface area (Å²) < 4.78 is 1.56. The van der Waals surface area contributed by atoms with Crippen molar-refractivity contribution >= 4 is 27.9 Å². The largest absolute Gasteiger partial charge is 0.372 e. The van der Waals surface area contributed by atoms with Gasteiger partial charge in [-0.3, -0.25) is 0 Å². The van der Waals surface area contributed by atoms with Crippen LogP contribution in [0, 0.1) is 10.1 Å². The normalized spacial score (nSPS) is 21.8. The third-order valence-electron chi connectivity index (χ3n) is 5.48. The van der Waals surface area contributed by atoms with Crippen LogP contribution in [0.2, 0.25) is 0 Å². The topological polar surface area (TPSA) is 79.0 Å². The third-order valence-corrected chi connectivity index (χ3v) is 6.24. The number of imidazole rings is 1. The first-order valence-corrected chi connectivity index (χ1v) is 9.79. The maximum absolute atomic E-state index is 11.4. The van der Waals surface area contributed by atoms with Crippen molar-refractivity contribution in [3.8, 4) is 0 Å². The Morgan fingerprint density at radius 3 is 2.64 bits per heavy atom. The SMILES string of the molecule is CN1CCC(N2CCC(Nc3nc4sccn4c3[N+](=O)[O-])CC2)CC1. The minimum absolute atomic E-state index is 0.0500. The minimum Gasteiger partial charge on any atom is -0.360 e. The molecule has 2 fully saturated rings. The molecule has 0 unspecified atom stereocenters. The summed E-state index contributed by atoms with van der Waals surface area (Å²) in [5.41, 5.74) is 0. The quantitative estimate of drug-likeness (QED) is 0.662. The number of hydrogen-bond donors (Lipinski definition) is 1. The molecule has 0 aromatic carbocycles. The average Bonchev–Trinajstić information content (AvgIpc) is 3.16. The Morgan fingerprint density at radius 1 is 1.24 bits per heavy atom. The molecule has 4 heterocycles. The molecule has 0 saturated carbocycles. The van der Waals surface area contributed by atoms with Crippen LogP contribution in [0.25, 0.3) is 4.96 Å². The van der Waals surface area contributed by atoms with Gasteiger partial charge < -0.3 is 25.2 Å². The van der Waals surface area contributed by atoms with Crippen molar-refractivity contribution < 1.29 is 4.92 Å². The number of fused-ring (bicyclic) bond motifs is 1. The molecule has 0 radical (unpaired) electrons. The fourth-order valence-electron chi connectivity index (χ4n) is 4.01. The highest BCUT2D eigenvalue weighted by Gasteiger charge is 2.30. The van der Waals surface area contributed by atoms with E-state index in [4.69, 9.17) is 0 Å². The van der Waals surface area contributed by atoms with Gasteiger partial charge in [0.05, 0.1) is 0 Å². The van der Waals surface area contributed by atoms with E-state index >= 15 is 0 Å². The summed E-state index contributed by atoms with van der Waals surface area (Å²) in [5, 5.41) is 16.6. The number of nitrogens with one attached hydrogen (secondary N) is 1. The van der Waals surface area contributed by atoms with Gasteiger partial charge in [-0.25, -0.2) is 0 Å². The van der Waals surface area contributed by atoms with Gasteiger partial charge in [0.15, 0.2) is 0 Å². The van der Waals surface area contributed by atoms with Crippen LogP contribution in [0.15, 0.2) is 11.6 Å². The maximum atomic E-state index is 11.4. The molecule has 4 rings (SSSR count). The van der Waals surface area contributed by atoms with Crippen LogP contribution in [0.5, 0.6) is 0 Å². The van der Waals surface area contributed by atoms with Gasteiger partial charge in [-0.05, 0) is 50.7 Å². The lowest BCUT2D eigenvalue weighted by Crippen LogP contribution is -2.48. The summed E-state index contributed by atoms with van der Waals surface area (Å²) in [7, 11) is 2.19. The molecule has 2 aromatic rings. The van der Waals surface area contributed by atoms with E-state index in [-0.39, 0.29) is 16.8 Å². The molecule has 0 spiro atoms. The van der Waals surface area contributed by atoms with Gasteiger partial charge >= 0.3 is 5.82 Å². The highest BCUT2D eigenvalue weighted by Crippen LogP contribution is 2.30. The molecule has 2 aromatic heterocycles. The smallest absolute Gasteiger partial charge is 0.360 e. The lowest BCUT2D eigenvalue weighted by molar-refractivity contribution is -0.389. The molecule has 2 saturated heterocycles. The second kappa shape index (κ2) is 6.89. The first-order chi connectivity index (χ1) is 12.1. The van der Waals surface area contributed by atoms with Crippen molar-refractivity contribution in [1.82, 2.24) is 19.2 Å². The summed E-state index contributed by atoms with van der Waals surface area (Å²) >= 11 is 1.42. The van der Waals surface area contributed by atoms with E-state index in [1.54, 1.807) is 10.6 Å². The number of rotatable bonds is 4. The first kappa shape index (κ1) is 16.7. The number of hydrogen-bond acceptors (Lipinski definition) is 7. The molecule has 9 heteroatoms. The lowest BCUT2D eigenvalue weighted by Gasteiger charge is -2.41. The molecule has 8 nitrogen and oxygen atoms in total. The van der Waals surface area contributed by atoms with Crippen molar-refractivity contribution in [1.29, 1.82) is 0 Å². The maximum Gasteiger partial charge on any atom is 0.372 e. The van der Waals surface area contributed by atoms with Crippen LogP contribution in [-0.4, -0.2) is 69.4 Å². The number of nitro groups is 1. The Hall–Kier alpha value is -1.71. The van der Waals surface area contributed by atoms with Gasteiger partial charge in [-0.1, -0.05) is 11.3 Å². The number of thiazole rings is 1. The number of nitrogens with zero attached hydrogens (tertiary/aromatic N) is 5. The molecule has 25 heavy (non-hydrogen) atoms. The monoisotopic (exact) mass is 364 g/mol. The Morgan fingerprint density at radius 2 is 1.96 bits per heavy atom. The molecular formula is C16H24N6O2S. The molecule has 0 atom stereocenters. The Bertz CT molecular complexity index is 743.